The van der Waals surface area contributed by atoms with E-state index in [1.807, 2.05) is 6.07 Å². The highest BCUT2D eigenvalue weighted by molar-refractivity contribution is 9.12. The molecule has 0 nitrogen and oxygen atoms in total. The van der Waals surface area contributed by atoms with Crippen molar-refractivity contribution in [1.82, 2.24) is 0 Å². The van der Waals surface area contributed by atoms with E-state index in [1.54, 1.807) is 11.8 Å². The van der Waals surface area contributed by atoms with E-state index in [9.17, 15) is 0 Å². The second kappa shape index (κ2) is 4.75. The van der Waals surface area contributed by atoms with Gasteiger partial charge in [0.15, 0.2) is 0 Å². The molecule has 0 radical (unpaired) electrons. The van der Waals surface area contributed by atoms with Gasteiger partial charge in [0.1, 0.15) is 4.21 Å². The number of hydrogen-bond donors (Lipinski definition) is 0. The number of benzene rings is 1. The summed E-state index contributed by atoms with van der Waals surface area (Å²) in [6.07, 6.45) is 6.19. The van der Waals surface area contributed by atoms with E-state index in [0.29, 0.717) is 0 Å². The summed E-state index contributed by atoms with van der Waals surface area (Å²) >= 11 is 12.1. The van der Waals surface area contributed by atoms with Crippen molar-refractivity contribution in [3.63, 3.8) is 0 Å². The van der Waals surface area contributed by atoms with Gasteiger partial charge in [-0.3, -0.25) is 0 Å². The van der Waals surface area contributed by atoms with Crippen molar-refractivity contribution in [2.75, 3.05) is 0 Å². The maximum absolute atomic E-state index is 6.61. The topological polar surface area (TPSA) is 0 Å². The molecule has 0 saturated carbocycles. The summed E-state index contributed by atoms with van der Waals surface area (Å²) in [4.78, 5) is 0. The van der Waals surface area contributed by atoms with Gasteiger partial charge in [-0.2, -0.15) is 0 Å². The van der Waals surface area contributed by atoms with E-state index in [2.05, 4.69) is 59.3 Å². The fourth-order valence-corrected chi connectivity index (χ4v) is 4.89. The van der Waals surface area contributed by atoms with Gasteiger partial charge < -0.3 is 0 Å². The van der Waals surface area contributed by atoms with Crippen molar-refractivity contribution in [1.29, 1.82) is 0 Å². The Bertz CT molecular complexity index is 392. The summed E-state index contributed by atoms with van der Waals surface area (Å²) in [5.41, 5.74) is 1.28. The zero-order valence-corrected chi connectivity index (χ0v) is 12.3. The minimum Gasteiger partial charge on any atom is -0.112 e. The predicted molar refractivity (Wildman–Crippen MR) is 77.4 cm³/mol. The first-order chi connectivity index (χ1) is 7.55. The molecule has 0 bridgehead atoms. The van der Waals surface area contributed by atoms with Crippen LogP contribution in [0, 0.1) is 0 Å². The van der Waals surface area contributed by atoms with Gasteiger partial charge in [0.05, 0.1) is 3.66 Å². The normalized spacial score (nSPS) is 33.2. The SMILES string of the molecule is CCC1(Br)C=CC(Cl)(Cc2ccccc2)S1. The largest absolute Gasteiger partial charge is 0.113 e. The minimum absolute atomic E-state index is 0.0174. The van der Waals surface area contributed by atoms with Gasteiger partial charge >= 0.3 is 0 Å². The van der Waals surface area contributed by atoms with Crippen molar-refractivity contribution < 1.29 is 0 Å². The van der Waals surface area contributed by atoms with Gasteiger partial charge in [0.25, 0.3) is 0 Å². The van der Waals surface area contributed by atoms with Crippen molar-refractivity contribution in [3.8, 4) is 0 Å². The molecule has 86 valence electrons. The van der Waals surface area contributed by atoms with E-state index in [0.717, 1.165) is 12.8 Å². The maximum atomic E-state index is 6.61. The third kappa shape index (κ3) is 2.85. The third-order valence-electron chi connectivity index (χ3n) is 2.69. The van der Waals surface area contributed by atoms with Crippen LogP contribution < -0.4 is 0 Å². The van der Waals surface area contributed by atoms with Crippen LogP contribution in [0.4, 0.5) is 0 Å². The van der Waals surface area contributed by atoms with Crippen molar-refractivity contribution in [2.24, 2.45) is 0 Å². The van der Waals surface area contributed by atoms with Gasteiger partial charge in [-0.05, 0) is 12.0 Å². The lowest BCUT2D eigenvalue weighted by Crippen LogP contribution is -2.18. The Kier molecular flexibility index (Phi) is 3.72. The molecule has 0 spiro atoms. The summed E-state index contributed by atoms with van der Waals surface area (Å²) in [7, 11) is 0. The van der Waals surface area contributed by atoms with E-state index in [4.69, 9.17) is 11.6 Å². The molecule has 0 aliphatic carbocycles. The smallest absolute Gasteiger partial charge is 0.112 e. The molecule has 1 aliphatic heterocycles. The lowest BCUT2D eigenvalue weighted by molar-refractivity contribution is 0.937. The Balaban J connectivity index is 2.10. The standard InChI is InChI=1S/C13H14BrClS/c1-2-12(14)8-9-13(15,16-12)10-11-6-4-3-5-7-11/h3-9H,2,10H2,1H3. The molecule has 1 aromatic carbocycles. The number of rotatable bonds is 3. The first-order valence-corrected chi connectivity index (χ1v) is 7.36. The van der Waals surface area contributed by atoms with Gasteiger partial charge in [-0.15, -0.1) is 23.4 Å². The molecule has 2 atom stereocenters. The molecule has 2 unspecified atom stereocenters. The molecule has 3 heteroatoms. The Morgan fingerprint density at radius 2 is 1.94 bits per heavy atom. The zero-order valence-electron chi connectivity index (χ0n) is 9.12. The lowest BCUT2D eigenvalue weighted by Gasteiger charge is -2.25. The molecular formula is C13H14BrClS. The Morgan fingerprint density at radius 1 is 1.25 bits per heavy atom. The molecule has 0 aromatic heterocycles. The average molecular weight is 318 g/mol. The Labute approximate surface area is 115 Å². The van der Waals surface area contributed by atoms with Crippen LogP contribution in [0.2, 0.25) is 0 Å². The molecule has 0 N–H and O–H groups in total. The molecule has 16 heavy (non-hydrogen) atoms. The Hall–Kier alpha value is 0.0800. The van der Waals surface area contributed by atoms with Crippen molar-refractivity contribution in [2.45, 2.75) is 27.6 Å². The second-order valence-corrected chi connectivity index (χ2v) is 8.52. The molecule has 1 aromatic rings. The van der Waals surface area contributed by atoms with Crippen molar-refractivity contribution >= 4 is 39.3 Å². The van der Waals surface area contributed by atoms with Gasteiger partial charge in [-0.25, -0.2) is 0 Å². The van der Waals surface area contributed by atoms with Gasteiger partial charge in [-0.1, -0.05) is 65.3 Å². The van der Waals surface area contributed by atoms with Crippen LogP contribution in [-0.4, -0.2) is 7.86 Å². The lowest BCUT2D eigenvalue weighted by atomic mass is 10.1. The van der Waals surface area contributed by atoms with Crippen LogP contribution >= 0.6 is 39.3 Å². The number of alkyl halides is 2. The summed E-state index contributed by atoms with van der Waals surface area (Å²) in [5, 5.41) is 0. The maximum Gasteiger partial charge on any atom is 0.113 e. The highest BCUT2D eigenvalue weighted by Crippen LogP contribution is 2.54. The van der Waals surface area contributed by atoms with Crippen LogP contribution in [0.1, 0.15) is 18.9 Å². The first kappa shape index (κ1) is 12.5. The van der Waals surface area contributed by atoms with Crippen LogP contribution in [0.3, 0.4) is 0 Å². The molecule has 1 aliphatic rings. The number of hydrogen-bond acceptors (Lipinski definition) is 1. The molecule has 2 rings (SSSR count). The Morgan fingerprint density at radius 3 is 2.50 bits per heavy atom. The molecule has 0 amide bonds. The minimum atomic E-state index is -0.305. The fourth-order valence-electron chi connectivity index (χ4n) is 1.76. The summed E-state index contributed by atoms with van der Waals surface area (Å²) in [6, 6.07) is 10.4. The summed E-state index contributed by atoms with van der Waals surface area (Å²) in [5.74, 6) is 0. The predicted octanol–water partition coefficient (Wildman–Crippen LogP) is 4.97. The van der Waals surface area contributed by atoms with Crippen LogP contribution in [-0.2, 0) is 6.42 Å². The van der Waals surface area contributed by atoms with Crippen molar-refractivity contribution in [3.05, 3.63) is 48.0 Å². The molecule has 0 saturated heterocycles. The molecule has 1 heterocycles. The van der Waals surface area contributed by atoms with Crippen LogP contribution in [0.5, 0.6) is 0 Å². The summed E-state index contributed by atoms with van der Waals surface area (Å²) in [6.45, 7) is 2.16. The quantitative estimate of drug-likeness (QED) is 0.560. The van der Waals surface area contributed by atoms with Gasteiger partial charge in [0.2, 0.25) is 0 Å². The highest BCUT2D eigenvalue weighted by atomic mass is 79.9. The zero-order chi connectivity index (χ0) is 11.6. The fraction of sp³-hybridized carbons (Fsp3) is 0.385. The highest BCUT2D eigenvalue weighted by Gasteiger charge is 2.40. The van der Waals surface area contributed by atoms with Gasteiger partial charge in [0, 0.05) is 6.42 Å². The molecule has 0 fully saturated rings. The summed E-state index contributed by atoms with van der Waals surface area (Å²) < 4.78 is -0.287. The first-order valence-electron chi connectivity index (χ1n) is 5.38. The van der Waals surface area contributed by atoms with E-state index in [1.165, 1.54) is 5.56 Å². The van der Waals surface area contributed by atoms with Crippen LogP contribution in [0.15, 0.2) is 42.5 Å². The molecular weight excluding hydrogens is 304 g/mol. The average Bonchev–Trinajstić information content (AvgIpc) is 2.57. The number of halogens is 2. The second-order valence-electron chi connectivity index (χ2n) is 4.02. The number of thioether (sulfide) groups is 1. The van der Waals surface area contributed by atoms with E-state index < -0.39 is 0 Å². The van der Waals surface area contributed by atoms with E-state index >= 15 is 0 Å². The van der Waals surface area contributed by atoms with E-state index in [-0.39, 0.29) is 7.86 Å². The monoisotopic (exact) mass is 316 g/mol. The third-order valence-corrected chi connectivity index (χ3v) is 5.88. The van der Waals surface area contributed by atoms with Crippen LogP contribution in [0.25, 0.3) is 0 Å².